The molecule has 0 spiro atoms. The summed E-state index contributed by atoms with van der Waals surface area (Å²) in [7, 11) is 1.24. The Hall–Kier alpha value is -3.92. The van der Waals surface area contributed by atoms with Gasteiger partial charge in [-0.05, 0) is 22.9 Å². The van der Waals surface area contributed by atoms with E-state index in [1.807, 2.05) is 63.2 Å². The van der Waals surface area contributed by atoms with Gasteiger partial charge in [0, 0.05) is 23.4 Å². The maximum atomic E-state index is 13.7. The SMILES string of the molecule is COC(=O)CC1C(=O)NCCN1C(=O)c1cc(C(C)(C)C)sc1NC(=O)Nc1cccc2ccccc12. The number of hydrogen-bond donors (Lipinski definition) is 3. The fourth-order valence-electron chi connectivity index (χ4n) is 4.16. The number of thiophene rings is 1. The van der Waals surface area contributed by atoms with Crippen molar-refractivity contribution in [1.82, 2.24) is 10.2 Å². The molecule has 2 aromatic carbocycles. The molecule has 1 aromatic heterocycles. The summed E-state index contributed by atoms with van der Waals surface area (Å²) in [4.78, 5) is 53.5. The number of rotatable bonds is 5. The van der Waals surface area contributed by atoms with E-state index in [0.717, 1.165) is 15.6 Å². The van der Waals surface area contributed by atoms with E-state index < -0.39 is 29.9 Å². The van der Waals surface area contributed by atoms with Crippen LogP contribution in [0, 0.1) is 0 Å². The van der Waals surface area contributed by atoms with Gasteiger partial charge in [-0.3, -0.25) is 19.7 Å². The average molecular weight is 523 g/mol. The quantitative estimate of drug-likeness (QED) is 0.431. The molecule has 4 amide bonds. The smallest absolute Gasteiger partial charge is 0.324 e. The summed E-state index contributed by atoms with van der Waals surface area (Å²) in [5.74, 6) is -1.44. The second kappa shape index (κ2) is 10.6. The van der Waals surface area contributed by atoms with Crippen molar-refractivity contribution in [3.05, 3.63) is 59.0 Å². The van der Waals surface area contributed by atoms with E-state index >= 15 is 0 Å². The van der Waals surface area contributed by atoms with Crippen molar-refractivity contribution in [2.75, 3.05) is 30.8 Å². The number of urea groups is 1. The summed E-state index contributed by atoms with van der Waals surface area (Å²) in [6.07, 6.45) is -0.255. The van der Waals surface area contributed by atoms with Crippen molar-refractivity contribution in [2.45, 2.75) is 38.6 Å². The van der Waals surface area contributed by atoms with Crippen LogP contribution in [0.5, 0.6) is 0 Å². The second-order valence-electron chi connectivity index (χ2n) is 9.79. The average Bonchev–Trinajstić information content (AvgIpc) is 3.29. The molecule has 10 heteroatoms. The van der Waals surface area contributed by atoms with Crippen molar-refractivity contribution in [2.24, 2.45) is 0 Å². The first-order valence-corrected chi connectivity index (χ1v) is 12.8. The first-order chi connectivity index (χ1) is 17.6. The Morgan fingerprint density at radius 3 is 2.57 bits per heavy atom. The normalized spacial score (nSPS) is 15.7. The topological polar surface area (TPSA) is 117 Å². The van der Waals surface area contributed by atoms with Gasteiger partial charge in [-0.15, -0.1) is 11.3 Å². The Bertz CT molecular complexity index is 1360. The van der Waals surface area contributed by atoms with Gasteiger partial charge in [-0.25, -0.2) is 4.79 Å². The Morgan fingerprint density at radius 1 is 1.11 bits per heavy atom. The monoisotopic (exact) mass is 522 g/mol. The van der Waals surface area contributed by atoms with Gasteiger partial charge in [-0.2, -0.15) is 0 Å². The Kier molecular flexibility index (Phi) is 7.49. The van der Waals surface area contributed by atoms with Crippen molar-refractivity contribution in [3.63, 3.8) is 0 Å². The fraction of sp³-hybridized carbons (Fsp3) is 0.333. The number of nitrogens with zero attached hydrogens (tertiary/aromatic N) is 1. The van der Waals surface area contributed by atoms with Gasteiger partial charge in [0.05, 0.1) is 24.8 Å². The predicted molar refractivity (Wildman–Crippen MR) is 144 cm³/mol. The number of amides is 4. The molecular formula is C27H30N4O5S. The molecule has 194 valence electrons. The third kappa shape index (κ3) is 5.75. The highest BCUT2D eigenvalue weighted by Crippen LogP contribution is 2.37. The fourth-order valence-corrected chi connectivity index (χ4v) is 5.26. The molecule has 37 heavy (non-hydrogen) atoms. The van der Waals surface area contributed by atoms with Gasteiger partial charge < -0.3 is 20.3 Å². The maximum Gasteiger partial charge on any atom is 0.324 e. The van der Waals surface area contributed by atoms with Crippen LogP contribution in [0.2, 0.25) is 0 Å². The molecule has 1 atom stereocenters. The molecule has 1 saturated heterocycles. The zero-order valence-corrected chi connectivity index (χ0v) is 22.0. The largest absolute Gasteiger partial charge is 0.469 e. The molecule has 1 aliphatic heterocycles. The molecule has 1 aliphatic rings. The second-order valence-corrected chi connectivity index (χ2v) is 10.8. The summed E-state index contributed by atoms with van der Waals surface area (Å²) < 4.78 is 4.73. The molecular weight excluding hydrogens is 492 g/mol. The first-order valence-electron chi connectivity index (χ1n) is 11.9. The van der Waals surface area contributed by atoms with Gasteiger partial charge in [0.25, 0.3) is 5.91 Å². The van der Waals surface area contributed by atoms with Crippen LogP contribution in [0.4, 0.5) is 15.5 Å². The standard InChI is InChI=1S/C27H30N4O5S/c1-27(2,3)21-14-18(25(34)31-13-12-28-23(33)20(31)15-22(32)36-4)24(37-21)30-26(35)29-19-11-7-9-16-8-5-6-10-17(16)19/h5-11,14,20H,12-13,15H2,1-4H3,(H,28,33)(H2,29,30,35). The lowest BCUT2D eigenvalue weighted by molar-refractivity contribution is -0.145. The van der Waals surface area contributed by atoms with E-state index in [4.69, 9.17) is 4.74 Å². The van der Waals surface area contributed by atoms with E-state index in [1.54, 1.807) is 6.07 Å². The van der Waals surface area contributed by atoms with Crippen LogP contribution in [-0.4, -0.2) is 55.0 Å². The number of benzene rings is 2. The van der Waals surface area contributed by atoms with E-state index in [0.29, 0.717) is 10.7 Å². The van der Waals surface area contributed by atoms with Gasteiger partial charge in [0.15, 0.2) is 0 Å². The van der Waals surface area contributed by atoms with E-state index in [2.05, 4.69) is 16.0 Å². The minimum atomic E-state index is -0.996. The number of carbonyl (C=O) groups excluding carboxylic acids is 4. The highest BCUT2D eigenvalue weighted by atomic mass is 32.1. The summed E-state index contributed by atoms with van der Waals surface area (Å²) in [5, 5.41) is 10.7. The summed E-state index contributed by atoms with van der Waals surface area (Å²) in [6, 6.07) is 13.6. The number of anilines is 2. The number of esters is 1. The molecule has 0 aliphatic carbocycles. The summed E-state index contributed by atoms with van der Waals surface area (Å²) in [5.41, 5.74) is 0.630. The number of nitrogens with one attached hydrogen (secondary N) is 3. The minimum absolute atomic E-state index is 0.231. The molecule has 1 fully saturated rings. The van der Waals surface area contributed by atoms with Gasteiger partial charge >= 0.3 is 12.0 Å². The van der Waals surface area contributed by atoms with Crippen LogP contribution in [0.1, 0.15) is 42.4 Å². The third-order valence-corrected chi connectivity index (χ3v) is 7.62. The number of hydrogen-bond acceptors (Lipinski definition) is 6. The van der Waals surface area contributed by atoms with Crippen LogP contribution >= 0.6 is 11.3 Å². The van der Waals surface area contributed by atoms with Gasteiger partial charge in [-0.1, -0.05) is 57.2 Å². The molecule has 0 radical (unpaired) electrons. The Morgan fingerprint density at radius 2 is 1.84 bits per heavy atom. The van der Waals surface area contributed by atoms with Gasteiger partial charge in [0.1, 0.15) is 11.0 Å². The van der Waals surface area contributed by atoms with Crippen LogP contribution in [0.15, 0.2) is 48.5 Å². The molecule has 0 bridgehead atoms. The number of carbonyl (C=O) groups is 4. The zero-order valence-electron chi connectivity index (χ0n) is 21.2. The summed E-state index contributed by atoms with van der Waals surface area (Å²) in [6.45, 7) is 6.54. The third-order valence-electron chi connectivity index (χ3n) is 6.15. The summed E-state index contributed by atoms with van der Waals surface area (Å²) >= 11 is 1.31. The number of piperazine rings is 1. The molecule has 4 rings (SSSR count). The van der Waals surface area contributed by atoms with Gasteiger partial charge in [0.2, 0.25) is 5.91 Å². The lowest BCUT2D eigenvalue weighted by Crippen LogP contribution is -2.57. The van der Waals surface area contributed by atoms with Crippen LogP contribution in [0.3, 0.4) is 0 Å². The predicted octanol–water partition coefficient (Wildman–Crippen LogP) is 4.35. The zero-order chi connectivity index (χ0) is 26.7. The van der Waals surface area contributed by atoms with Crippen molar-refractivity contribution < 1.29 is 23.9 Å². The number of methoxy groups -OCH3 is 1. The van der Waals surface area contributed by atoms with Crippen molar-refractivity contribution >= 4 is 56.6 Å². The minimum Gasteiger partial charge on any atom is -0.469 e. The first kappa shape index (κ1) is 26.2. The molecule has 0 saturated carbocycles. The Balaban J connectivity index is 1.63. The number of fused-ring (bicyclic) bond motifs is 1. The van der Waals surface area contributed by atoms with Crippen molar-refractivity contribution in [1.29, 1.82) is 0 Å². The highest BCUT2D eigenvalue weighted by molar-refractivity contribution is 7.16. The molecule has 9 nitrogen and oxygen atoms in total. The van der Waals surface area contributed by atoms with E-state index in [-0.39, 0.29) is 30.5 Å². The lowest BCUT2D eigenvalue weighted by Gasteiger charge is -2.34. The lowest BCUT2D eigenvalue weighted by atomic mass is 9.94. The van der Waals surface area contributed by atoms with Crippen molar-refractivity contribution in [3.8, 4) is 0 Å². The van der Waals surface area contributed by atoms with Crippen LogP contribution in [-0.2, 0) is 19.7 Å². The molecule has 2 heterocycles. The van der Waals surface area contributed by atoms with Crippen LogP contribution < -0.4 is 16.0 Å². The van der Waals surface area contributed by atoms with Crippen LogP contribution in [0.25, 0.3) is 10.8 Å². The Labute approximate surface area is 219 Å². The maximum absolute atomic E-state index is 13.7. The molecule has 1 unspecified atom stereocenters. The highest BCUT2D eigenvalue weighted by Gasteiger charge is 2.37. The number of ether oxygens (including phenoxy) is 1. The van der Waals surface area contributed by atoms with E-state index in [1.165, 1.54) is 23.3 Å². The molecule has 3 N–H and O–H groups in total. The van der Waals surface area contributed by atoms with E-state index in [9.17, 15) is 19.2 Å². The molecule has 3 aromatic rings.